The van der Waals surface area contributed by atoms with E-state index in [1.54, 1.807) is 7.11 Å². The van der Waals surface area contributed by atoms with Gasteiger partial charge in [-0.05, 0) is 32.9 Å². The van der Waals surface area contributed by atoms with Gasteiger partial charge in [-0.1, -0.05) is 0 Å². The first-order valence-electron chi connectivity index (χ1n) is 4.38. The maximum atomic E-state index is 5.48. The fourth-order valence-corrected chi connectivity index (χ4v) is 1.08. The van der Waals surface area contributed by atoms with E-state index in [1.165, 1.54) is 0 Å². The highest BCUT2D eigenvalue weighted by atomic mass is 16.7. The van der Waals surface area contributed by atoms with Gasteiger partial charge in [0, 0.05) is 7.11 Å². The summed E-state index contributed by atoms with van der Waals surface area (Å²) in [4.78, 5) is 0. The Bertz CT molecular complexity index is 254. The Morgan fingerprint density at radius 1 is 1.31 bits per heavy atom. The minimum Gasteiger partial charge on any atom is -0.464 e. The molecule has 1 heterocycles. The quantitative estimate of drug-likeness (QED) is 0.674. The van der Waals surface area contributed by atoms with Gasteiger partial charge in [-0.25, -0.2) is 0 Å². The smallest absolute Gasteiger partial charge is 0.155 e. The first kappa shape index (κ1) is 10.3. The van der Waals surface area contributed by atoms with Gasteiger partial charge in [0.05, 0.1) is 0 Å². The summed E-state index contributed by atoms with van der Waals surface area (Å²) in [5, 5.41) is 0. The average Bonchev–Trinajstić information content (AvgIpc) is 2.51. The lowest BCUT2D eigenvalue weighted by molar-refractivity contribution is -0.145. The molecule has 0 spiro atoms. The maximum Gasteiger partial charge on any atom is 0.155 e. The van der Waals surface area contributed by atoms with Crippen molar-refractivity contribution in [2.24, 2.45) is 0 Å². The third-order valence-corrected chi connectivity index (χ3v) is 1.89. The van der Waals surface area contributed by atoms with Crippen LogP contribution in [0.25, 0.3) is 0 Å². The van der Waals surface area contributed by atoms with Crippen molar-refractivity contribution in [3.63, 3.8) is 0 Å². The Labute approximate surface area is 78.6 Å². The second-order valence-electron chi connectivity index (χ2n) is 3.03. The third kappa shape index (κ3) is 2.86. The molecule has 1 aromatic heterocycles. The van der Waals surface area contributed by atoms with E-state index < -0.39 is 0 Å². The lowest BCUT2D eigenvalue weighted by Gasteiger charge is -2.15. The monoisotopic (exact) mass is 184 g/mol. The van der Waals surface area contributed by atoms with E-state index in [0.29, 0.717) is 0 Å². The van der Waals surface area contributed by atoms with Crippen LogP contribution >= 0.6 is 0 Å². The standard InChI is InChI=1S/C10H16O3/c1-7-5-6-10(12-7)8(2)13-9(3)11-4/h5-6,8-9H,1-4H3. The number of methoxy groups -OCH3 is 1. The molecular formula is C10H16O3. The van der Waals surface area contributed by atoms with Crippen LogP contribution in [-0.4, -0.2) is 13.4 Å². The number of hydrogen-bond acceptors (Lipinski definition) is 3. The normalized spacial score (nSPS) is 15.7. The SMILES string of the molecule is COC(C)OC(C)c1ccc(C)o1. The Kier molecular flexibility index (Phi) is 3.51. The molecule has 2 unspecified atom stereocenters. The highest BCUT2D eigenvalue weighted by Gasteiger charge is 2.12. The molecule has 3 heteroatoms. The number of aryl methyl sites for hydroxylation is 1. The van der Waals surface area contributed by atoms with E-state index in [2.05, 4.69) is 0 Å². The largest absolute Gasteiger partial charge is 0.464 e. The molecule has 0 aliphatic heterocycles. The van der Waals surface area contributed by atoms with E-state index in [4.69, 9.17) is 13.9 Å². The second kappa shape index (κ2) is 4.44. The van der Waals surface area contributed by atoms with E-state index in [0.717, 1.165) is 11.5 Å². The van der Waals surface area contributed by atoms with E-state index in [1.807, 2.05) is 32.9 Å². The molecule has 13 heavy (non-hydrogen) atoms. The van der Waals surface area contributed by atoms with Crippen molar-refractivity contribution in [1.29, 1.82) is 0 Å². The van der Waals surface area contributed by atoms with Crippen LogP contribution < -0.4 is 0 Å². The molecule has 74 valence electrons. The van der Waals surface area contributed by atoms with Gasteiger partial charge in [0.1, 0.15) is 17.6 Å². The summed E-state index contributed by atoms with van der Waals surface area (Å²) in [5.74, 6) is 1.73. The van der Waals surface area contributed by atoms with Gasteiger partial charge in [0.15, 0.2) is 6.29 Å². The first-order chi connectivity index (χ1) is 6.13. The van der Waals surface area contributed by atoms with Crippen molar-refractivity contribution in [2.45, 2.75) is 33.2 Å². The van der Waals surface area contributed by atoms with Gasteiger partial charge < -0.3 is 13.9 Å². The van der Waals surface area contributed by atoms with Crippen molar-refractivity contribution < 1.29 is 13.9 Å². The van der Waals surface area contributed by atoms with Gasteiger partial charge in [-0.15, -0.1) is 0 Å². The molecule has 1 rings (SSSR count). The fourth-order valence-electron chi connectivity index (χ4n) is 1.08. The van der Waals surface area contributed by atoms with E-state index in [-0.39, 0.29) is 12.4 Å². The van der Waals surface area contributed by atoms with Crippen molar-refractivity contribution in [2.75, 3.05) is 7.11 Å². The van der Waals surface area contributed by atoms with Gasteiger partial charge in [-0.2, -0.15) is 0 Å². The zero-order chi connectivity index (χ0) is 9.84. The maximum absolute atomic E-state index is 5.48. The molecule has 1 aromatic rings. The molecule has 0 aliphatic rings. The van der Waals surface area contributed by atoms with Gasteiger partial charge in [0.25, 0.3) is 0 Å². The summed E-state index contributed by atoms with van der Waals surface area (Å²) in [5.41, 5.74) is 0. The van der Waals surface area contributed by atoms with Crippen molar-refractivity contribution in [3.8, 4) is 0 Å². The number of ether oxygens (including phenoxy) is 2. The van der Waals surface area contributed by atoms with E-state index in [9.17, 15) is 0 Å². The minimum atomic E-state index is -0.208. The molecule has 0 aromatic carbocycles. The van der Waals surface area contributed by atoms with E-state index >= 15 is 0 Å². The zero-order valence-electron chi connectivity index (χ0n) is 8.53. The van der Waals surface area contributed by atoms with Crippen LogP contribution in [0.2, 0.25) is 0 Å². The molecule has 0 N–H and O–H groups in total. The summed E-state index contributed by atoms with van der Waals surface area (Å²) in [7, 11) is 1.62. The Balaban J connectivity index is 2.53. The summed E-state index contributed by atoms with van der Waals surface area (Å²) in [6.45, 7) is 5.70. The van der Waals surface area contributed by atoms with Crippen LogP contribution in [0.3, 0.4) is 0 Å². The molecule has 0 saturated carbocycles. The van der Waals surface area contributed by atoms with Crippen LogP contribution in [0.1, 0.15) is 31.5 Å². The first-order valence-corrected chi connectivity index (χ1v) is 4.38. The van der Waals surface area contributed by atoms with Gasteiger partial charge >= 0.3 is 0 Å². The van der Waals surface area contributed by atoms with Crippen molar-refractivity contribution in [1.82, 2.24) is 0 Å². The average molecular weight is 184 g/mol. The zero-order valence-corrected chi connectivity index (χ0v) is 8.53. The Morgan fingerprint density at radius 3 is 2.46 bits per heavy atom. The Hall–Kier alpha value is -0.800. The molecule has 3 nitrogen and oxygen atoms in total. The van der Waals surface area contributed by atoms with Crippen LogP contribution in [0.4, 0.5) is 0 Å². The van der Waals surface area contributed by atoms with Gasteiger partial charge in [0.2, 0.25) is 0 Å². The molecule has 0 amide bonds. The summed E-state index contributed by atoms with van der Waals surface area (Å²) >= 11 is 0. The lowest BCUT2D eigenvalue weighted by Crippen LogP contribution is -2.12. The fraction of sp³-hybridized carbons (Fsp3) is 0.600. The molecule has 0 bridgehead atoms. The lowest BCUT2D eigenvalue weighted by atomic mass is 10.3. The van der Waals surface area contributed by atoms with Crippen LogP contribution in [0, 0.1) is 6.92 Å². The summed E-state index contributed by atoms with van der Waals surface area (Å²) in [6, 6.07) is 3.84. The number of rotatable bonds is 4. The minimum absolute atomic E-state index is 0.0661. The van der Waals surface area contributed by atoms with Crippen LogP contribution in [0.15, 0.2) is 16.5 Å². The topological polar surface area (TPSA) is 31.6 Å². The van der Waals surface area contributed by atoms with Crippen LogP contribution in [0.5, 0.6) is 0 Å². The number of hydrogen-bond donors (Lipinski definition) is 0. The summed E-state index contributed by atoms with van der Waals surface area (Å²) in [6.07, 6.45) is -0.274. The predicted octanol–water partition coefficient (Wildman–Crippen LogP) is 2.66. The van der Waals surface area contributed by atoms with Crippen molar-refractivity contribution in [3.05, 3.63) is 23.7 Å². The second-order valence-corrected chi connectivity index (χ2v) is 3.03. The molecule has 0 fully saturated rings. The highest BCUT2D eigenvalue weighted by molar-refractivity contribution is 5.07. The molecule has 0 saturated heterocycles. The Morgan fingerprint density at radius 2 is 2.00 bits per heavy atom. The molecular weight excluding hydrogens is 168 g/mol. The molecule has 2 atom stereocenters. The number of furan rings is 1. The van der Waals surface area contributed by atoms with Gasteiger partial charge in [-0.3, -0.25) is 0 Å². The summed E-state index contributed by atoms with van der Waals surface area (Å²) < 4.78 is 15.9. The molecule has 0 aliphatic carbocycles. The third-order valence-electron chi connectivity index (χ3n) is 1.89. The van der Waals surface area contributed by atoms with Crippen molar-refractivity contribution >= 4 is 0 Å². The molecule has 0 radical (unpaired) electrons. The van der Waals surface area contributed by atoms with Crippen LogP contribution in [-0.2, 0) is 9.47 Å². The highest BCUT2D eigenvalue weighted by Crippen LogP contribution is 2.20. The predicted molar refractivity (Wildman–Crippen MR) is 49.4 cm³/mol.